The summed E-state index contributed by atoms with van der Waals surface area (Å²) in [5, 5.41) is 10.9. The zero-order valence-electron chi connectivity index (χ0n) is 12.9. The summed E-state index contributed by atoms with van der Waals surface area (Å²) in [6.07, 6.45) is 2.62. The summed E-state index contributed by atoms with van der Waals surface area (Å²) in [6.45, 7) is 1.95. The van der Waals surface area contributed by atoms with Gasteiger partial charge in [-0.3, -0.25) is 4.79 Å². The quantitative estimate of drug-likeness (QED) is 0.722. The van der Waals surface area contributed by atoms with Crippen LogP contribution >= 0.6 is 22.9 Å². The van der Waals surface area contributed by atoms with E-state index >= 15 is 0 Å². The lowest BCUT2D eigenvalue weighted by molar-refractivity contribution is 0.0730. The number of amides is 1. The van der Waals surface area contributed by atoms with Crippen LogP contribution in [0, 0.1) is 0 Å². The minimum absolute atomic E-state index is 0.0609. The highest BCUT2D eigenvalue weighted by Crippen LogP contribution is 2.24. The largest absolute Gasteiger partial charge is 0.332 e. The van der Waals surface area contributed by atoms with Crippen LogP contribution in [0.25, 0.3) is 0 Å². The Balaban J connectivity index is 1.46. The number of benzene rings is 1. The third-order valence-electron chi connectivity index (χ3n) is 4.11. The highest BCUT2D eigenvalue weighted by atomic mass is 35.5. The number of carbonyl (C=O) groups is 1. The van der Waals surface area contributed by atoms with Crippen LogP contribution in [0.5, 0.6) is 0 Å². The molecule has 0 fully saturated rings. The normalized spacial score (nSPS) is 13.8. The van der Waals surface area contributed by atoms with E-state index in [4.69, 9.17) is 11.6 Å². The fraction of sp³-hybridized carbons (Fsp3) is 0.235. The lowest BCUT2D eigenvalue weighted by atomic mass is 10.1. The van der Waals surface area contributed by atoms with Gasteiger partial charge in [-0.1, -0.05) is 28.9 Å². The Bertz CT molecular complexity index is 871. The van der Waals surface area contributed by atoms with Crippen molar-refractivity contribution in [3.63, 3.8) is 0 Å². The maximum Gasteiger partial charge on any atom is 0.276 e. The van der Waals surface area contributed by atoms with Gasteiger partial charge in [0, 0.05) is 23.0 Å². The van der Waals surface area contributed by atoms with Gasteiger partial charge in [-0.2, -0.15) is 0 Å². The van der Waals surface area contributed by atoms with Crippen LogP contribution in [-0.4, -0.2) is 32.3 Å². The monoisotopic (exact) mass is 358 g/mol. The van der Waals surface area contributed by atoms with Crippen LogP contribution < -0.4 is 0 Å². The van der Waals surface area contributed by atoms with Crippen molar-refractivity contribution in [2.75, 3.05) is 6.54 Å². The summed E-state index contributed by atoms with van der Waals surface area (Å²) in [4.78, 5) is 15.9. The Hall–Kier alpha value is -2.18. The molecule has 7 heteroatoms. The Kier molecular flexibility index (Phi) is 4.08. The molecule has 2 aromatic heterocycles. The van der Waals surface area contributed by atoms with Crippen LogP contribution in [0.3, 0.4) is 0 Å². The van der Waals surface area contributed by atoms with Gasteiger partial charge in [0.1, 0.15) is 0 Å². The number of thiophene rings is 1. The highest BCUT2D eigenvalue weighted by Gasteiger charge is 2.24. The van der Waals surface area contributed by atoms with Crippen LogP contribution in [0.1, 0.15) is 26.5 Å². The van der Waals surface area contributed by atoms with Gasteiger partial charge in [0.05, 0.1) is 12.7 Å². The number of aromatic nitrogens is 3. The predicted octanol–water partition coefficient (Wildman–Crippen LogP) is 3.24. The smallest absolute Gasteiger partial charge is 0.276 e. The van der Waals surface area contributed by atoms with Crippen molar-refractivity contribution >= 4 is 28.8 Å². The number of fused-ring (bicyclic) bond motifs is 1. The van der Waals surface area contributed by atoms with E-state index in [2.05, 4.69) is 21.8 Å². The van der Waals surface area contributed by atoms with Crippen molar-refractivity contribution in [1.29, 1.82) is 0 Å². The SMILES string of the molecule is O=C(c1cn(Cc2ccc(Cl)cc2)nn1)N1CCc2sccc2C1. The first-order valence-electron chi connectivity index (χ1n) is 7.68. The highest BCUT2D eigenvalue weighted by molar-refractivity contribution is 7.10. The van der Waals surface area contributed by atoms with E-state index < -0.39 is 0 Å². The minimum atomic E-state index is -0.0609. The van der Waals surface area contributed by atoms with E-state index in [1.807, 2.05) is 29.2 Å². The lowest BCUT2D eigenvalue weighted by Gasteiger charge is -2.26. The van der Waals surface area contributed by atoms with Gasteiger partial charge >= 0.3 is 0 Å². The van der Waals surface area contributed by atoms with Crippen molar-refractivity contribution in [3.8, 4) is 0 Å². The van der Waals surface area contributed by atoms with Crippen molar-refractivity contribution < 1.29 is 4.79 Å². The fourth-order valence-electron chi connectivity index (χ4n) is 2.83. The molecule has 0 bridgehead atoms. The Morgan fingerprint density at radius 1 is 1.25 bits per heavy atom. The van der Waals surface area contributed by atoms with Gasteiger partial charge in [0.15, 0.2) is 5.69 Å². The van der Waals surface area contributed by atoms with Gasteiger partial charge in [-0.25, -0.2) is 4.68 Å². The predicted molar refractivity (Wildman–Crippen MR) is 93.3 cm³/mol. The second kappa shape index (κ2) is 6.37. The molecule has 122 valence electrons. The summed E-state index contributed by atoms with van der Waals surface area (Å²) >= 11 is 7.65. The summed E-state index contributed by atoms with van der Waals surface area (Å²) in [5.74, 6) is -0.0609. The van der Waals surface area contributed by atoms with Crippen molar-refractivity contribution in [3.05, 3.63) is 68.6 Å². The van der Waals surface area contributed by atoms with Gasteiger partial charge < -0.3 is 4.90 Å². The molecule has 0 saturated carbocycles. The molecule has 4 rings (SSSR count). The second-order valence-electron chi connectivity index (χ2n) is 5.77. The average molecular weight is 359 g/mol. The number of nitrogens with zero attached hydrogens (tertiary/aromatic N) is 4. The molecule has 0 spiro atoms. The van der Waals surface area contributed by atoms with Crippen LogP contribution in [0.15, 0.2) is 41.9 Å². The molecule has 0 N–H and O–H groups in total. The van der Waals surface area contributed by atoms with Crippen molar-refractivity contribution in [1.82, 2.24) is 19.9 Å². The molecule has 5 nitrogen and oxygen atoms in total. The Morgan fingerprint density at radius 3 is 2.92 bits per heavy atom. The zero-order valence-corrected chi connectivity index (χ0v) is 14.4. The first-order valence-corrected chi connectivity index (χ1v) is 8.94. The average Bonchev–Trinajstić information content (AvgIpc) is 3.24. The standard InChI is InChI=1S/C17H15ClN4OS/c18-14-3-1-12(2-4-14)9-22-11-15(19-20-22)17(23)21-7-5-16-13(10-21)6-8-24-16/h1-4,6,8,11H,5,7,9-10H2. The third-order valence-corrected chi connectivity index (χ3v) is 5.39. The van der Waals surface area contributed by atoms with E-state index in [0.717, 1.165) is 18.5 Å². The van der Waals surface area contributed by atoms with E-state index in [1.165, 1.54) is 10.4 Å². The topological polar surface area (TPSA) is 51.0 Å². The molecule has 1 amide bonds. The van der Waals surface area contributed by atoms with E-state index in [9.17, 15) is 4.79 Å². The minimum Gasteiger partial charge on any atom is -0.332 e. The van der Waals surface area contributed by atoms with Gasteiger partial charge in [0.25, 0.3) is 5.91 Å². The molecule has 3 aromatic rings. The molecule has 1 aromatic carbocycles. The summed E-state index contributed by atoms with van der Waals surface area (Å²) < 4.78 is 1.68. The summed E-state index contributed by atoms with van der Waals surface area (Å²) in [6, 6.07) is 9.65. The van der Waals surface area contributed by atoms with Crippen LogP contribution in [-0.2, 0) is 19.5 Å². The second-order valence-corrected chi connectivity index (χ2v) is 7.21. The van der Waals surface area contributed by atoms with Gasteiger partial charge in [-0.05, 0) is 41.1 Å². The molecule has 24 heavy (non-hydrogen) atoms. The number of carbonyl (C=O) groups excluding carboxylic acids is 1. The molecule has 3 heterocycles. The van der Waals surface area contributed by atoms with E-state index in [0.29, 0.717) is 23.8 Å². The van der Waals surface area contributed by atoms with E-state index in [1.54, 1.807) is 22.2 Å². The lowest BCUT2D eigenvalue weighted by Crippen LogP contribution is -2.35. The number of rotatable bonds is 3. The maximum atomic E-state index is 12.6. The molecule has 0 saturated heterocycles. The summed E-state index contributed by atoms with van der Waals surface area (Å²) in [7, 11) is 0. The van der Waals surface area contributed by atoms with E-state index in [-0.39, 0.29) is 5.91 Å². The number of hydrogen-bond donors (Lipinski definition) is 0. The van der Waals surface area contributed by atoms with Crippen molar-refractivity contribution in [2.45, 2.75) is 19.5 Å². The van der Waals surface area contributed by atoms with Gasteiger partial charge in [0.2, 0.25) is 0 Å². The number of halogens is 1. The first-order chi connectivity index (χ1) is 11.7. The molecule has 1 aliphatic rings. The molecular weight excluding hydrogens is 344 g/mol. The number of hydrogen-bond acceptors (Lipinski definition) is 4. The molecule has 0 atom stereocenters. The Labute approximate surface area is 148 Å². The van der Waals surface area contributed by atoms with Crippen LogP contribution in [0.4, 0.5) is 0 Å². The van der Waals surface area contributed by atoms with Gasteiger partial charge in [-0.15, -0.1) is 16.4 Å². The maximum absolute atomic E-state index is 12.6. The van der Waals surface area contributed by atoms with Crippen molar-refractivity contribution in [2.24, 2.45) is 0 Å². The summed E-state index contributed by atoms with van der Waals surface area (Å²) in [5.41, 5.74) is 2.69. The first kappa shape index (κ1) is 15.4. The third kappa shape index (κ3) is 3.07. The van der Waals surface area contributed by atoms with Crippen LogP contribution in [0.2, 0.25) is 5.02 Å². The molecule has 0 unspecified atom stereocenters. The molecular formula is C17H15ClN4OS. The fourth-order valence-corrected chi connectivity index (χ4v) is 3.85. The zero-order chi connectivity index (χ0) is 16.5. The Morgan fingerprint density at radius 2 is 2.08 bits per heavy atom. The molecule has 1 aliphatic heterocycles. The molecule has 0 aliphatic carbocycles. The molecule has 0 radical (unpaired) electrons.